The van der Waals surface area contributed by atoms with Crippen LogP contribution in [0.1, 0.15) is 16.7 Å². The minimum atomic E-state index is -0.495. The number of carbonyl (C=O) groups excluding carboxylic acids is 1. The lowest BCUT2D eigenvalue weighted by Crippen LogP contribution is -2.24. The first kappa shape index (κ1) is 16.5. The minimum Gasteiger partial charge on any atom is -0.445 e. The highest BCUT2D eigenvalue weighted by atomic mass is 35.5. The van der Waals surface area contributed by atoms with Gasteiger partial charge in [-0.15, -0.1) is 0 Å². The third-order valence-electron chi connectivity index (χ3n) is 2.87. The monoisotopic (exact) mass is 327 g/mol. The van der Waals surface area contributed by atoms with Gasteiger partial charge in [-0.3, -0.25) is 0 Å². The van der Waals surface area contributed by atoms with Crippen LogP contribution in [0.5, 0.6) is 0 Å². The van der Waals surface area contributed by atoms with Gasteiger partial charge in [-0.1, -0.05) is 54.1 Å². The molecule has 1 heterocycles. The lowest BCUT2D eigenvalue weighted by atomic mass is 10.2. The highest BCUT2D eigenvalue weighted by Crippen LogP contribution is 2.13. The molecule has 1 aromatic carbocycles. The number of halogens is 1. The lowest BCUT2D eigenvalue weighted by Gasteiger charge is -2.05. The highest BCUT2D eigenvalue weighted by molar-refractivity contribution is 6.30. The number of benzene rings is 1. The Morgan fingerprint density at radius 1 is 1.39 bits per heavy atom. The van der Waals surface area contributed by atoms with Crippen molar-refractivity contribution in [1.29, 1.82) is 5.26 Å². The molecule has 1 aromatic heterocycles. The van der Waals surface area contributed by atoms with Crippen molar-refractivity contribution in [1.82, 2.24) is 10.3 Å². The number of nitrogens with one attached hydrogen (secondary N) is 1. The first-order valence-electron chi connectivity index (χ1n) is 6.86. The third-order valence-corrected chi connectivity index (χ3v) is 3.17. The molecule has 0 aliphatic carbocycles. The van der Waals surface area contributed by atoms with Gasteiger partial charge in [-0.2, -0.15) is 5.26 Å². The number of nitriles is 1. The number of nitrogens with zero attached hydrogens (tertiary/aromatic N) is 2. The summed E-state index contributed by atoms with van der Waals surface area (Å²) in [6.07, 6.45) is 4.52. The van der Waals surface area contributed by atoms with Gasteiger partial charge in [0.25, 0.3) is 0 Å². The Morgan fingerprint density at radius 2 is 2.17 bits per heavy atom. The first-order valence-corrected chi connectivity index (χ1v) is 7.23. The van der Waals surface area contributed by atoms with Gasteiger partial charge >= 0.3 is 6.09 Å². The van der Waals surface area contributed by atoms with E-state index in [0.717, 1.165) is 11.1 Å². The summed E-state index contributed by atoms with van der Waals surface area (Å²) >= 11 is 5.75. The van der Waals surface area contributed by atoms with Crippen LogP contribution in [-0.4, -0.2) is 17.6 Å². The Balaban J connectivity index is 1.76. The SMILES string of the molecule is N#Cc1cc(C=CCNC(=O)OCc2ccccc2)cnc1Cl. The number of rotatable bonds is 5. The number of ether oxygens (including phenoxy) is 1. The number of pyridine rings is 1. The van der Waals surface area contributed by atoms with Crippen molar-refractivity contribution in [2.75, 3.05) is 6.54 Å². The number of hydrogen-bond donors (Lipinski definition) is 1. The van der Waals surface area contributed by atoms with Gasteiger partial charge in [0.1, 0.15) is 17.8 Å². The summed E-state index contributed by atoms with van der Waals surface area (Å²) in [5.41, 5.74) is 1.96. The smallest absolute Gasteiger partial charge is 0.407 e. The Morgan fingerprint density at radius 3 is 2.91 bits per heavy atom. The highest BCUT2D eigenvalue weighted by Gasteiger charge is 2.02. The van der Waals surface area contributed by atoms with Gasteiger partial charge < -0.3 is 10.1 Å². The average Bonchev–Trinajstić information content (AvgIpc) is 2.59. The topological polar surface area (TPSA) is 75.0 Å². The van der Waals surface area contributed by atoms with Gasteiger partial charge in [0.05, 0.1) is 5.56 Å². The van der Waals surface area contributed by atoms with Crippen LogP contribution >= 0.6 is 11.6 Å². The van der Waals surface area contributed by atoms with E-state index in [2.05, 4.69) is 10.3 Å². The van der Waals surface area contributed by atoms with E-state index in [-0.39, 0.29) is 11.8 Å². The van der Waals surface area contributed by atoms with Crippen molar-refractivity contribution < 1.29 is 9.53 Å². The number of alkyl carbamates (subject to hydrolysis) is 1. The second-order valence-electron chi connectivity index (χ2n) is 4.56. The maximum Gasteiger partial charge on any atom is 0.407 e. The average molecular weight is 328 g/mol. The standard InChI is InChI=1S/C17H14ClN3O2/c18-16-15(10-19)9-14(11-21-16)7-4-8-20-17(22)23-12-13-5-2-1-3-6-13/h1-7,9,11H,8,12H2,(H,20,22). The van der Waals surface area contributed by atoms with Crippen molar-refractivity contribution in [3.05, 3.63) is 70.5 Å². The molecule has 0 spiro atoms. The van der Waals surface area contributed by atoms with Gasteiger partial charge in [-0.25, -0.2) is 9.78 Å². The number of aromatic nitrogens is 1. The zero-order valence-corrected chi connectivity index (χ0v) is 13.0. The molecule has 0 saturated carbocycles. The van der Waals surface area contributed by atoms with Crippen molar-refractivity contribution in [3.63, 3.8) is 0 Å². The Labute approximate surface area is 139 Å². The molecule has 0 bridgehead atoms. The van der Waals surface area contributed by atoms with Gasteiger partial charge in [-0.05, 0) is 17.2 Å². The molecule has 0 atom stereocenters. The molecule has 0 saturated heterocycles. The molecular weight excluding hydrogens is 314 g/mol. The third kappa shape index (κ3) is 5.46. The van der Waals surface area contributed by atoms with Crippen LogP contribution in [-0.2, 0) is 11.3 Å². The maximum atomic E-state index is 11.5. The van der Waals surface area contributed by atoms with Crippen molar-refractivity contribution in [2.45, 2.75) is 6.61 Å². The zero-order valence-electron chi connectivity index (χ0n) is 12.2. The van der Waals surface area contributed by atoms with Gasteiger partial charge in [0.2, 0.25) is 0 Å². The van der Waals surface area contributed by atoms with Crippen LogP contribution in [0.4, 0.5) is 4.79 Å². The molecule has 0 fully saturated rings. The molecule has 6 heteroatoms. The van der Waals surface area contributed by atoms with E-state index in [1.807, 2.05) is 36.4 Å². The van der Waals surface area contributed by atoms with Gasteiger partial charge in [0, 0.05) is 12.7 Å². The van der Waals surface area contributed by atoms with E-state index >= 15 is 0 Å². The van der Waals surface area contributed by atoms with Crippen LogP contribution in [0, 0.1) is 11.3 Å². The molecule has 23 heavy (non-hydrogen) atoms. The molecule has 0 aliphatic rings. The Hall–Kier alpha value is -2.84. The lowest BCUT2D eigenvalue weighted by molar-refractivity contribution is 0.141. The maximum absolute atomic E-state index is 11.5. The summed E-state index contributed by atoms with van der Waals surface area (Å²) in [5.74, 6) is 0. The fourth-order valence-corrected chi connectivity index (χ4v) is 1.89. The Kier molecular flexibility index (Phi) is 6.16. The summed E-state index contributed by atoms with van der Waals surface area (Å²) in [5, 5.41) is 11.6. The molecular formula is C17H14ClN3O2. The zero-order chi connectivity index (χ0) is 16.5. The van der Waals surface area contributed by atoms with Gasteiger partial charge in [0.15, 0.2) is 0 Å². The minimum absolute atomic E-state index is 0.173. The Bertz CT molecular complexity index is 739. The van der Waals surface area contributed by atoms with E-state index < -0.39 is 6.09 Å². The number of carbonyl (C=O) groups is 1. The van der Waals surface area contributed by atoms with E-state index in [0.29, 0.717) is 12.1 Å². The first-order chi connectivity index (χ1) is 11.2. The molecule has 116 valence electrons. The second kappa shape index (κ2) is 8.57. The summed E-state index contributed by atoms with van der Waals surface area (Å²) in [4.78, 5) is 15.4. The number of amides is 1. The molecule has 0 aliphatic heterocycles. The molecule has 1 amide bonds. The van der Waals surface area contributed by atoms with Crippen LogP contribution in [0.3, 0.4) is 0 Å². The second-order valence-corrected chi connectivity index (χ2v) is 4.92. The number of hydrogen-bond acceptors (Lipinski definition) is 4. The quantitative estimate of drug-likeness (QED) is 0.852. The fraction of sp³-hybridized carbons (Fsp3) is 0.118. The van der Waals surface area contributed by atoms with Crippen molar-refractivity contribution in [2.24, 2.45) is 0 Å². The predicted molar refractivity (Wildman–Crippen MR) is 87.6 cm³/mol. The molecule has 2 rings (SSSR count). The van der Waals surface area contributed by atoms with Crippen LogP contribution in [0.15, 0.2) is 48.7 Å². The molecule has 0 unspecified atom stereocenters. The molecule has 0 radical (unpaired) electrons. The summed E-state index contributed by atoms with van der Waals surface area (Å²) in [7, 11) is 0. The predicted octanol–water partition coefficient (Wildman–Crippen LogP) is 3.55. The van der Waals surface area contributed by atoms with Crippen LogP contribution < -0.4 is 5.32 Å². The van der Waals surface area contributed by atoms with Crippen molar-refractivity contribution >= 4 is 23.8 Å². The van der Waals surface area contributed by atoms with E-state index in [1.54, 1.807) is 24.4 Å². The largest absolute Gasteiger partial charge is 0.445 e. The van der Waals surface area contributed by atoms with E-state index in [4.69, 9.17) is 21.6 Å². The molecule has 2 aromatic rings. The normalized spacial score (nSPS) is 10.3. The fourth-order valence-electron chi connectivity index (χ4n) is 1.75. The van der Waals surface area contributed by atoms with Crippen LogP contribution in [0.25, 0.3) is 6.08 Å². The van der Waals surface area contributed by atoms with E-state index in [1.165, 1.54) is 0 Å². The summed E-state index contributed by atoms with van der Waals surface area (Å²) in [6, 6.07) is 13.0. The van der Waals surface area contributed by atoms with Crippen LogP contribution in [0.2, 0.25) is 5.15 Å². The molecule has 5 nitrogen and oxygen atoms in total. The molecule has 1 N–H and O–H groups in total. The summed E-state index contributed by atoms with van der Waals surface area (Å²) in [6.45, 7) is 0.529. The van der Waals surface area contributed by atoms with Crippen molar-refractivity contribution in [3.8, 4) is 6.07 Å². The van der Waals surface area contributed by atoms with E-state index in [9.17, 15) is 4.79 Å². The summed E-state index contributed by atoms with van der Waals surface area (Å²) < 4.78 is 5.08.